The highest BCUT2D eigenvalue weighted by Crippen LogP contribution is 2.38. The van der Waals surface area contributed by atoms with Gasteiger partial charge in [-0.05, 0) is 64.5 Å². The van der Waals surface area contributed by atoms with E-state index in [1.165, 1.54) is 0 Å². The van der Waals surface area contributed by atoms with Crippen LogP contribution < -0.4 is 26.8 Å². The maximum absolute atomic E-state index is 12.7. The summed E-state index contributed by atoms with van der Waals surface area (Å²) in [6.07, 6.45) is 2.76. The van der Waals surface area contributed by atoms with Gasteiger partial charge in [0.05, 0.1) is 12.0 Å². The van der Waals surface area contributed by atoms with E-state index < -0.39 is 23.0 Å². The van der Waals surface area contributed by atoms with Crippen LogP contribution in [-0.4, -0.2) is 44.6 Å². The zero-order chi connectivity index (χ0) is 22.3. The molecule has 0 atom stereocenters. The second-order valence-electron chi connectivity index (χ2n) is 8.80. The lowest BCUT2D eigenvalue weighted by molar-refractivity contribution is -0.187. The van der Waals surface area contributed by atoms with Gasteiger partial charge in [0.15, 0.2) is 0 Å². The summed E-state index contributed by atoms with van der Waals surface area (Å²) in [4.78, 5) is 23.7. The van der Waals surface area contributed by atoms with Crippen LogP contribution >= 0.6 is 0 Å². The van der Waals surface area contributed by atoms with Crippen molar-refractivity contribution in [2.45, 2.75) is 82.5 Å². The number of hydrogen-bond acceptors (Lipinski definition) is 6. The highest BCUT2D eigenvalue weighted by molar-refractivity contribution is 5.74. The van der Waals surface area contributed by atoms with Crippen LogP contribution in [0.3, 0.4) is 0 Å². The van der Waals surface area contributed by atoms with Crippen LogP contribution in [-0.2, 0) is 4.74 Å². The van der Waals surface area contributed by atoms with Crippen LogP contribution in [0.4, 0.5) is 24.5 Å². The molecule has 1 aromatic rings. The molecule has 1 aliphatic heterocycles. The number of nitrogens with one attached hydrogen (secondary N) is 3. The minimum atomic E-state index is -4.07. The highest BCUT2D eigenvalue weighted by Gasteiger charge is 2.41. The molecule has 0 spiro atoms. The predicted molar refractivity (Wildman–Crippen MR) is 116 cm³/mol. The van der Waals surface area contributed by atoms with Crippen molar-refractivity contribution in [1.29, 1.82) is 0 Å². The van der Waals surface area contributed by atoms with Crippen molar-refractivity contribution in [3.05, 3.63) is 20.4 Å². The van der Waals surface area contributed by atoms with Crippen molar-refractivity contribution in [3.63, 3.8) is 0 Å². The molecular formula is C22H34F3N3O3. The largest absolute Gasteiger partial charge is 0.391 e. The van der Waals surface area contributed by atoms with Crippen molar-refractivity contribution in [1.82, 2.24) is 5.32 Å². The summed E-state index contributed by atoms with van der Waals surface area (Å²) in [5.74, 6) is -1.16. The number of rotatable bonds is 11. The van der Waals surface area contributed by atoms with Crippen LogP contribution in [0.2, 0.25) is 0 Å². The zero-order valence-electron chi connectivity index (χ0n) is 18.0. The standard InChI is InChI=1S/C22H34F3N3O3/c23-22(24,25)15-5-7-17(8-6-15)31-14-4-2-1-3-11-27-18-19(21(30)20(18)29)28-16-9-12-26-13-10-16/h15-17,26-28H,1-14H2. The van der Waals surface area contributed by atoms with Gasteiger partial charge in [0.25, 0.3) is 10.9 Å². The quantitative estimate of drug-likeness (QED) is 0.357. The maximum Gasteiger partial charge on any atom is 0.391 e. The molecule has 0 amide bonds. The second-order valence-corrected chi connectivity index (χ2v) is 8.80. The van der Waals surface area contributed by atoms with E-state index in [0.29, 0.717) is 37.4 Å². The first-order valence-corrected chi connectivity index (χ1v) is 11.6. The molecule has 3 N–H and O–H groups in total. The number of halogens is 3. The first kappa shape index (κ1) is 24.0. The Morgan fingerprint density at radius 2 is 1.52 bits per heavy atom. The molecule has 2 fully saturated rings. The van der Waals surface area contributed by atoms with Crippen molar-refractivity contribution in [3.8, 4) is 0 Å². The maximum atomic E-state index is 12.7. The first-order valence-electron chi connectivity index (χ1n) is 11.6. The van der Waals surface area contributed by atoms with E-state index in [4.69, 9.17) is 4.74 Å². The normalized spacial score (nSPS) is 23.2. The molecule has 6 nitrogen and oxygen atoms in total. The average molecular weight is 446 g/mol. The molecule has 1 heterocycles. The summed E-state index contributed by atoms with van der Waals surface area (Å²) in [6.45, 7) is 3.04. The Hall–Kier alpha value is -1.61. The lowest BCUT2D eigenvalue weighted by Crippen LogP contribution is -2.42. The van der Waals surface area contributed by atoms with Gasteiger partial charge in [-0.2, -0.15) is 13.2 Å². The van der Waals surface area contributed by atoms with Crippen molar-refractivity contribution in [2.24, 2.45) is 5.92 Å². The van der Waals surface area contributed by atoms with E-state index >= 15 is 0 Å². The lowest BCUT2D eigenvalue weighted by atomic mass is 9.87. The molecular weight excluding hydrogens is 411 g/mol. The molecule has 3 rings (SSSR count). The SMILES string of the molecule is O=c1c(NCCCCCCOC2CCC(C(F)(F)F)CC2)c(NC2CCNCC2)c1=O. The molecule has 176 valence electrons. The Balaban J connectivity index is 1.23. The van der Waals surface area contributed by atoms with Crippen molar-refractivity contribution >= 4 is 11.4 Å². The molecule has 9 heteroatoms. The number of hydrogen-bond donors (Lipinski definition) is 3. The number of piperidine rings is 1. The van der Waals surface area contributed by atoms with Crippen LogP contribution in [0.1, 0.15) is 64.2 Å². The molecule has 1 aliphatic carbocycles. The van der Waals surface area contributed by atoms with E-state index in [1.54, 1.807) is 0 Å². The van der Waals surface area contributed by atoms with Gasteiger partial charge in [0.2, 0.25) is 0 Å². The molecule has 0 aromatic heterocycles. The molecule has 0 unspecified atom stereocenters. The summed E-state index contributed by atoms with van der Waals surface area (Å²) in [7, 11) is 0. The van der Waals surface area contributed by atoms with E-state index in [0.717, 1.165) is 51.6 Å². The minimum Gasteiger partial charge on any atom is -0.380 e. The van der Waals surface area contributed by atoms with Crippen LogP contribution in [0, 0.1) is 5.92 Å². The Bertz CT molecular complexity index is 747. The fraction of sp³-hybridized carbons (Fsp3) is 0.818. The lowest BCUT2D eigenvalue weighted by Gasteiger charge is -2.29. The monoisotopic (exact) mass is 445 g/mol. The Kier molecular flexibility index (Phi) is 8.77. The van der Waals surface area contributed by atoms with Crippen molar-refractivity contribution < 1.29 is 17.9 Å². The number of anilines is 2. The molecule has 0 bridgehead atoms. The topological polar surface area (TPSA) is 79.5 Å². The van der Waals surface area contributed by atoms with Crippen molar-refractivity contribution in [2.75, 3.05) is 36.9 Å². The average Bonchev–Trinajstić information content (AvgIpc) is 2.77. The summed E-state index contributed by atoms with van der Waals surface area (Å²) < 4.78 is 43.8. The zero-order valence-corrected chi connectivity index (χ0v) is 18.0. The van der Waals surface area contributed by atoms with E-state index in [2.05, 4.69) is 16.0 Å². The molecule has 2 aliphatic rings. The summed E-state index contributed by atoms with van der Waals surface area (Å²) in [5.41, 5.74) is -0.0144. The third-order valence-electron chi connectivity index (χ3n) is 6.46. The predicted octanol–water partition coefficient (Wildman–Crippen LogP) is 3.56. The summed E-state index contributed by atoms with van der Waals surface area (Å²) in [6, 6.07) is 0.230. The second kappa shape index (κ2) is 11.3. The van der Waals surface area contributed by atoms with Gasteiger partial charge in [0.1, 0.15) is 11.4 Å². The number of ether oxygens (including phenoxy) is 1. The van der Waals surface area contributed by atoms with E-state index in [9.17, 15) is 22.8 Å². The Labute approximate surface area is 181 Å². The van der Waals surface area contributed by atoms with Gasteiger partial charge in [-0.3, -0.25) is 9.59 Å². The van der Waals surface area contributed by atoms with Crippen LogP contribution in [0.25, 0.3) is 0 Å². The molecule has 0 radical (unpaired) electrons. The molecule has 31 heavy (non-hydrogen) atoms. The number of unbranched alkanes of at least 4 members (excludes halogenated alkanes) is 3. The Morgan fingerprint density at radius 1 is 0.871 bits per heavy atom. The van der Waals surface area contributed by atoms with Crippen LogP contribution in [0.5, 0.6) is 0 Å². The van der Waals surface area contributed by atoms with E-state index in [1.807, 2.05) is 0 Å². The first-order chi connectivity index (χ1) is 14.9. The van der Waals surface area contributed by atoms with Gasteiger partial charge in [-0.15, -0.1) is 0 Å². The molecule has 1 saturated carbocycles. The van der Waals surface area contributed by atoms with Gasteiger partial charge < -0.3 is 20.7 Å². The van der Waals surface area contributed by atoms with Gasteiger partial charge in [0, 0.05) is 19.2 Å². The van der Waals surface area contributed by atoms with Gasteiger partial charge >= 0.3 is 6.18 Å². The summed E-state index contributed by atoms with van der Waals surface area (Å²) >= 11 is 0. The molecule has 1 aromatic carbocycles. The fourth-order valence-corrected chi connectivity index (χ4v) is 4.47. The van der Waals surface area contributed by atoms with Gasteiger partial charge in [-0.25, -0.2) is 0 Å². The third-order valence-corrected chi connectivity index (χ3v) is 6.46. The number of alkyl halides is 3. The smallest absolute Gasteiger partial charge is 0.380 e. The highest BCUT2D eigenvalue weighted by atomic mass is 19.4. The van der Waals surface area contributed by atoms with Crippen LogP contribution in [0.15, 0.2) is 9.59 Å². The minimum absolute atomic E-state index is 0.0414. The fourth-order valence-electron chi connectivity index (χ4n) is 4.47. The summed E-state index contributed by atoms with van der Waals surface area (Å²) in [5, 5.41) is 9.60. The van der Waals surface area contributed by atoms with Gasteiger partial charge in [-0.1, -0.05) is 12.8 Å². The third kappa shape index (κ3) is 6.94. The Morgan fingerprint density at radius 3 is 2.19 bits per heavy atom. The molecule has 1 saturated heterocycles. The van der Waals surface area contributed by atoms with E-state index in [-0.39, 0.29) is 25.0 Å².